The summed E-state index contributed by atoms with van der Waals surface area (Å²) >= 11 is 0. The summed E-state index contributed by atoms with van der Waals surface area (Å²) in [6.45, 7) is -1.85. The summed E-state index contributed by atoms with van der Waals surface area (Å²) in [5.41, 5.74) is 0. The van der Waals surface area contributed by atoms with E-state index in [2.05, 4.69) is 10.6 Å². The van der Waals surface area contributed by atoms with Crippen molar-refractivity contribution in [3.05, 3.63) is 0 Å². The zero-order valence-corrected chi connectivity index (χ0v) is 50.1. The molecule has 41 nitrogen and oxygen atoms in total. The van der Waals surface area contributed by atoms with E-state index in [1.807, 2.05) is 0 Å². The molecule has 8 heterocycles. The van der Waals surface area contributed by atoms with E-state index in [9.17, 15) is 122 Å². The molecular formula is C52H88N2O39. The lowest BCUT2D eigenvalue weighted by Gasteiger charge is -2.51. The van der Waals surface area contributed by atoms with Crippen molar-refractivity contribution in [1.29, 1.82) is 0 Å². The number of hydrogen-bond donors (Lipinski definition) is 24. The average molecular weight is 1370 g/mol. The van der Waals surface area contributed by atoms with E-state index in [1.165, 1.54) is 13.8 Å². The molecule has 8 rings (SSSR count). The smallest absolute Gasteiger partial charge is 0.217 e. The first kappa shape index (κ1) is 76.2. The zero-order valence-electron chi connectivity index (χ0n) is 50.1. The molecule has 93 heavy (non-hydrogen) atoms. The summed E-state index contributed by atoms with van der Waals surface area (Å²) in [5.74, 6) is -1.86. The quantitative estimate of drug-likeness (QED) is 0.0479. The Bertz CT molecular complexity index is 2350. The lowest BCUT2D eigenvalue weighted by Crippen LogP contribution is -2.71. The van der Waals surface area contributed by atoms with Gasteiger partial charge in [0.25, 0.3) is 0 Å². The van der Waals surface area contributed by atoms with Gasteiger partial charge in [0.1, 0.15) is 183 Å². The largest absolute Gasteiger partial charge is 0.394 e. The number of rotatable bonds is 22. The summed E-state index contributed by atoms with van der Waals surface area (Å²) in [4.78, 5) is 26.3. The van der Waals surface area contributed by atoms with E-state index in [0.717, 1.165) is 13.8 Å². The van der Waals surface area contributed by atoms with E-state index in [4.69, 9.17) is 71.1 Å². The van der Waals surface area contributed by atoms with Crippen LogP contribution >= 0.6 is 0 Å². The predicted octanol–water partition coefficient (Wildman–Crippen LogP) is -16.1. The van der Waals surface area contributed by atoms with Crippen molar-refractivity contribution >= 4 is 11.8 Å². The molecule has 0 saturated carbocycles. The fourth-order valence-corrected chi connectivity index (χ4v) is 12.1. The highest BCUT2D eigenvalue weighted by atomic mass is 16.8. The van der Waals surface area contributed by atoms with Crippen molar-refractivity contribution in [2.45, 2.75) is 273 Å². The molecule has 24 N–H and O–H groups in total. The van der Waals surface area contributed by atoms with Gasteiger partial charge in [0.15, 0.2) is 50.3 Å². The Morgan fingerprint density at radius 3 is 1.18 bits per heavy atom. The third kappa shape index (κ3) is 16.4. The monoisotopic (exact) mass is 1360 g/mol. The van der Waals surface area contributed by atoms with Crippen LogP contribution in [-0.2, 0) is 80.6 Å². The van der Waals surface area contributed by atoms with Crippen LogP contribution < -0.4 is 10.6 Å². The second kappa shape index (κ2) is 32.6. The normalized spacial score (nSPS) is 51.6. The van der Waals surface area contributed by atoms with Gasteiger partial charge < -0.3 is 194 Å². The molecule has 8 fully saturated rings. The minimum Gasteiger partial charge on any atom is -0.394 e. The molecule has 8 aliphatic rings. The number of ether oxygens (including phenoxy) is 15. The van der Waals surface area contributed by atoms with Gasteiger partial charge in [-0.15, -0.1) is 0 Å². The van der Waals surface area contributed by atoms with Gasteiger partial charge in [0.2, 0.25) is 11.8 Å². The van der Waals surface area contributed by atoms with E-state index in [0.29, 0.717) is 0 Å². The van der Waals surface area contributed by atoms with Gasteiger partial charge in [0.05, 0.1) is 51.8 Å². The van der Waals surface area contributed by atoms with Crippen molar-refractivity contribution in [3.8, 4) is 0 Å². The maximum absolute atomic E-state index is 13.4. The van der Waals surface area contributed by atoms with Crippen LogP contribution in [0.5, 0.6) is 0 Å². The van der Waals surface area contributed by atoms with Gasteiger partial charge in [-0.1, -0.05) is 0 Å². The SMILES string of the molecule is CC(=O)N[C@H]1[C@H](OC[C@H]2O[C@@H](O[C@H]3[C@H](O)[C@@H](O)C(O)O[C@@H]3CO)[C@H](O)[C@@H](O[C@@H]3O[C@H](CO)[C@@H](O)[C@H](O[C@@H]4O[C@H](CO)[C@H](O)[C@H](O)[C@H]4O)[C@H]3NC(C)=O)[C@H]2O)O[C@H](CO)[C@@H](OC2O[C@H](CO)[C@H](O)[C@H](O)[C@H]2O[C@@H]2O[C@@H](C)[C@@H](O)[C@@H](O)[C@@H]2O)[C@@H]1O[C@@H]1O[C@@H](C)[C@@H](O)[C@@H](O)[C@@H]1O. The molecule has 0 bridgehead atoms. The molecule has 8 aliphatic heterocycles. The topological polar surface area (TPSA) is 642 Å². The van der Waals surface area contributed by atoms with E-state index < -0.39 is 297 Å². The maximum atomic E-state index is 13.4. The van der Waals surface area contributed by atoms with Gasteiger partial charge in [-0.3, -0.25) is 9.59 Å². The van der Waals surface area contributed by atoms with Crippen molar-refractivity contribution in [2.75, 3.05) is 39.6 Å². The number of hydrogen-bond acceptors (Lipinski definition) is 39. The second-order valence-corrected chi connectivity index (χ2v) is 23.9. The number of aliphatic hydroxyl groups excluding tert-OH is 22. The molecule has 0 aromatic heterocycles. The fraction of sp³-hybridized carbons (Fsp3) is 0.962. The molecule has 0 aliphatic carbocycles. The molecule has 41 heteroatoms. The summed E-state index contributed by atoms with van der Waals surface area (Å²) in [6, 6.07) is -3.77. The fourth-order valence-electron chi connectivity index (χ4n) is 12.1. The third-order valence-corrected chi connectivity index (χ3v) is 17.4. The second-order valence-electron chi connectivity index (χ2n) is 23.9. The lowest BCUT2D eigenvalue weighted by molar-refractivity contribution is -0.396. The highest BCUT2D eigenvalue weighted by Crippen LogP contribution is 2.39. The third-order valence-electron chi connectivity index (χ3n) is 17.4. The van der Waals surface area contributed by atoms with Gasteiger partial charge in [0, 0.05) is 13.8 Å². The molecule has 2 unspecified atom stereocenters. The minimum absolute atomic E-state index is 0.919. The summed E-state index contributed by atoms with van der Waals surface area (Å²) in [5, 5.41) is 244. The number of carbonyl (C=O) groups is 2. The average Bonchev–Trinajstić information content (AvgIpc) is 0.810. The van der Waals surface area contributed by atoms with Gasteiger partial charge in [-0.2, -0.15) is 0 Å². The maximum Gasteiger partial charge on any atom is 0.217 e. The van der Waals surface area contributed by atoms with Crippen LogP contribution in [-0.4, -0.2) is 409 Å². The van der Waals surface area contributed by atoms with Crippen LogP contribution in [0.2, 0.25) is 0 Å². The van der Waals surface area contributed by atoms with Crippen LogP contribution in [0.1, 0.15) is 27.7 Å². The molecule has 0 aromatic carbocycles. The van der Waals surface area contributed by atoms with E-state index in [1.54, 1.807) is 0 Å². The zero-order chi connectivity index (χ0) is 68.5. The number of aliphatic hydroxyl groups is 22. The van der Waals surface area contributed by atoms with E-state index >= 15 is 0 Å². The summed E-state index contributed by atoms with van der Waals surface area (Å²) in [7, 11) is 0. The Balaban J connectivity index is 1.15. The highest BCUT2D eigenvalue weighted by molar-refractivity contribution is 5.73. The molecule has 8 saturated heterocycles. The summed E-state index contributed by atoms with van der Waals surface area (Å²) in [6.07, 6.45) is -74.9. The molecule has 40 atom stereocenters. The number of amides is 2. The van der Waals surface area contributed by atoms with E-state index in [-0.39, 0.29) is 0 Å². The summed E-state index contributed by atoms with van der Waals surface area (Å²) < 4.78 is 88.8. The Labute approximate surface area is 527 Å². The van der Waals surface area contributed by atoms with Crippen LogP contribution in [0.4, 0.5) is 0 Å². The minimum atomic E-state index is -2.38. The Morgan fingerprint density at radius 2 is 0.656 bits per heavy atom. The van der Waals surface area contributed by atoms with Crippen molar-refractivity contribution in [3.63, 3.8) is 0 Å². The van der Waals surface area contributed by atoms with Crippen LogP contribution in [0.15, 0.2) is 0 Å². The standard InChI is InChI=1S/C52H88N2O39/c1-11-23(62)29(68)35(74)48(80-11)91-42-22(54-14(4)61)46(86-19(9-59)40(42)89-52-44(32(71)26(65)16(6-56)85-52)93-49-36(75)30(69)24(63)12(2)81-49)79-10-20-28(67)43(38(77)51(87-20)88-39-18(8-58)82-45(78)34(73)33(39)72)92-47-21(53-13(3)60)41(27(66)17(7-57)83-47)90-50-37(76)31(70)25(64)15(5-55)84-50/h11-12,15-52,55-59,62-78H,5-10H2,1-4H3,(H,53,60)(H,54,61)/t11-,12-,15+,16+,17+,18+,19+,20+,21+,22+,23+,24+,25-,26-,27+,28-,29+,30+,31-,32-,33+,34+,35-,36-,37+,38+,39+,40+,41+,42+,43-,44+,45?,46+,47-,48-,49-,50-,51-,52?/m0/s1. The Hall–Kier alpha value is -2.54. The first-order valence-corrected chi connectivity index (χ1v) is 29.9. The molecule has 0 radical (unpaired) electrons. The van der Waals surface area contributed by atoms with Crippen molar-refractivity contribution < 1.29 is 193 Å². The van der Waals surface area contributed by atoms with Crippen LogP contribution in [0.3, 0.4) is 0 Å². The first-order chi connectivity index (χ1) is 43.9. The molecular weight excluding hydrogens is 1280 g/mol. The number of carbonyl (C=O) groups excluding carboxylic acids is 2. The highest BCUT2D eigenvalue weighted by Gasteiger charge is 2.60. The lowest BCUT2D eigenvalue weighted by atomic mass is 9.93. The van der Waals surface area contributed by atoms with Crippen LogP contribution in [0, 0.1) is 0 Å². The molecule has 0 spiro atoms. The van der Waals surface area contributed by atoms with Crippen molar-refractivity contribution in [2.24, 2.45) is 0 Å². The van der Waals surface area contributed by atoms with Crippen LogP contribution in [0.25, 0.3) is 0 Å². The Morgan fingerprint density at radius 1 is 0.301 bits per heavy atom. The predicted molar refractivity (Wildman–Crippen MR) is 285 cm³/mol. The molecule has 540 valence electrons. The van der Waals surface area contributed by atoms with Crippen molar-refractivity contribution in [1.82, 2.24) is 10.6 Å². The molecule has 0 aromatic rings. The van der Waals surface area contributed by atoms with Gasteiger partial charge in [-0.25, -0.2) is 0 Å². The number of nitrogens with one attached hydrogen (secondary N) is 2. The van der Waals surface area contributed by atoms with Gasteiger partial charge in [-0.05, 0) is 13.8 Å². The van der Waals surface area contributed by atoms with Gasteiger partial charge >= 0.3 is 0 Å². The Kier molecular flexibility index (Phi) is 26.7. The molecule has 2 amide bonds. The first-order valence-electron chi connectivity index (χ1n) is 29.9.